The minimum atomic E-state index is 0.0699. The standard InChI is InChI=1S/C22H28N6O/c29-21(17-4-8-23-9-5-17)27-10-6-18-16-24-22(25-20(18)7-11-27)28-14-12-26(13-15-28)19-2-1-3-19/h4-5,8-9,16,19H,1-3,6-7,10-15H2. The summed E-state index contributed by atoms with van der Waals surface area (Å²) in [6, 6.07) is 4.37. The molecule has 4 heterocycles. The average molecular weight is 393 g/mol. The zero-order chi connectivity index (χ0) is 19.6. The van der Waals surface area contributed by atoms with Gasteiger partial charge in [0.2, 0.25) is 5.95 Å². The first-order valence-corrected chi connectivity index (χ1v) is 10.8. The van der Waals surface area contributed by atoms with E-state index >= 15 is 0 Å². The fourth-order valence-corrected chi connectivity index (χ4v) is 4.54. The van der Waals surface area contributed by atoms with Gasteiger partial charge in [0, 0.05) is 75.9 Å². The molecule has 5 rings (SSSR count). The first kappa shape index (κ1) is 18.5. The molecule has 1 amide bonds. The highest BCUT2D eigenvalue weighted by Gasteiger charge is 2.29. The normalized spacial score (nSPS) is 20.7. The number of anilines is 1. The summed E-state index contributed by atoms with van der Waals surface area (Å²) >= 11 is 0. The summed E-state index contributed by atoms with van der Waals surface area (Å²) in [4.78, 5) is 33.3. The average Bonchev–Trinajstić information content (AvgIpc) is 2.95. The Balaban J connectivity index is 1.24. The topological polar surface area (TPSA) is 65.5 Å². The van der Waals surface area contributed by atoms with Crippen LogP contribution < -0.4 is 4.90 Å². The predicted molar refractivity (Wildman–Crippen MR) is 111 cm³/mol. The number of fused-ring (bicyclic) bond motifs is 1. The highest BCUT2D eigenvalue weighted by molar-refractivity contribution is 5.94. The van der Waals surface area contributed by atoms with Crippen molar-refractivity contribution in [1.82, 2.24) is 24.8 Å². The van der Waals surface area contributed by atoms with Crippen molar-refractivity contribution in [2.24, 2.45) is 0 Å². The van der Waals surface area contributed by atoms with Gasteiger partial charge >= 0.3 is 0 Å². The third-order valence-electron chi connectivity index (χ3n) is 6.61. The molecule has 0 bridgehead atoms. The molecular weight excluding hydrogens is 364 g/mol. The van der Waals surface area contributed by atoms with E-state index in [4.69, 9.17) is 4.98 Å². The van der Waals surface area contributed by atoms with Gasteiger partial charge in [-0.3, -0.25) is 14.7 Å². The van der Waals surface area contributed by atoms with Crippen LogP contribution in [-0.4, -0.2) is 76.0 Å². The molecule has 152 valence electrons. The number of piperazine rings is 1. The smallest absolute Gasteiger partial charge is 0.253 e. The minimum absolute atomic E-state index is 0.0699. The van der Waals surface area contributed by atoms with E-state index in [9.17, 15) is 4.79 Å². The van der Waals surface area contributed by atoms with E-state index < -0.39 is 0 Å². The summed E-state index contributed by atoms with van der Waals surface area (Å²) in [7, 11) is 0. The molecule has 0 radical (unpaired) electrons. The minimum Gasteiger partial charge on any atom is -0.338 e. The Bertz CT molecular complexity index is 861. The van der Waals surface area contributed by atoms with Crippen LogP contribution in [0.5, 0.6) is 0 Å². The Labute approximate surface area is 171 Å². The van der Waals surface area contributed by atoms with E-state index in [1.807, 2.05) is 11.1 Å². The van der Waals surface area contributed by atoms with Crippen molar-refractivity contribution in [3.05, 3.63) is 47.5 Å². The second-order valence-electron chi connectivity index (χ2n) is 8.28. The molecule has 2 fully saturated rings. The number of hydrogen-bond donors (Lipinski definition) is 0. The third kappa shape index (κ3) is 3.83. The first-order chi connectivity index (χ1) is 14.3. The number of hydrogen-bond acceptors (Lipinski definition) is 6. The lowest BCUT2D eigenvalue weighted by molar-refractivity contribution is 0.0763. The molecule has 29 heavy (non-hydrogen) atoms. The molecule has 1 saturated heterocycles. The van der Waals surface area contributed by atoms with E-state index in [1.165, 1.54) is 24.8 Å². The van der Waals surface area contributed by atoms with Crippen LogP contribution in [0.3, 0.4) is 0 Å². The quantitative estimate of drug-likeness (QED) is 0.794. The summed E-state index contributed by atoms with van der Waals surface area (Å²) in [6.07, 6.45) is 11.0. The summed E-state index contributed by atoms with van der Waals surface area (Å²) in [5.74, 6) is 0.923. The lowest BCUT2D eigenvalue weighted by atomic mass is 9.91. The summed E-state index contributed by atoms with van der Waals surface area (Å²) < 4.78 is 0. The Hall–Kier alpha value is -2.54. The van der Waals surface area contributed by atoms with Crippen molar-refractivity contribution in [3.8, 4) is 0 Å². The van der Waals surface area contributed by atoms with E-state index in [0.717, 1.165) is 56.7 Å². The first-order valence-electron chi connectivity index (χ1n) is 10.8. The van der Waals surface area contributed by atoms with E-state index in [-0.39, 0.29) is 5.91 Å². The van der Waals surface area contributed by atoms with Crippen LogP contribution in [0.15, 0.2) is 30.7 Å². The maximum atomic E-state index is 12.8. The van der Waals surface area contributed by atoms with Gasteiger partial charge in [-0.25, -0.2) is 9.97 Å². The largest absolute Gasteiger partial charge is 0.338 e. The molecular formula is C22H28N6O. The summed E-state index contributed by atoms with van der Waals surface area (Å²) in [5.41, 5.74) is 2.97. The lowest BCUT2D eigenvalue weighted by Gasteiger charge is -2.43. The highest BCUT2D eigenvalue weighted by atomic mass is 16.2. The molecule has 1 aliphatic carbocycles. The van der Waals surface area contributed by atoms with Crippen molar-refractivity contribution in [3.63, 3.8) is 0 Å². The van der Waals surface area contributed by atoms with Gasteiger partial charge in [-0.1, -0.05) is 6.42 Å². The van der Waals surface area contributed by atoms with Crippen LogP contribution in [0.25, 0.3) is 0 Å². The SMILES string of the molecule is O=C(c1ccncc1)N1CCc2cnc(N3CCN(C4CCC4)CC3)nc2CC1. The maximum Gasteiger partial charge on any atom is 0.253 e. The number of carbonyl (C=O) groups excluding carboxylic acids is 1. The van der Waals surface area contributed by atoms with Crippen molar-refractivity contribution >= 4 is 11.9 Å². The van der Waals surface area contributed by atoms with Crippen LogP contribution in [0, 0.1) is 0 Å². The van der Waals surface area contributed by atoms with Gasteiger partial charge < -0.3 is 9.80 Å². The highest BCUT2D eigenvalue weighted by Crippen LogP contribution is 2.26. The van der Waals surface area contributed by atoms with E-state index in [2.05, 4.69) is 19.8 Å². The Morgan fingerprint density at radius 1 is 0.966 bits per heavy atom. The van der Waals surface area contributed by atoms with Gasteiger partial charge in [0.05, 0.1) is 5.69 Å². The molecule has 2 aliphatic heterocycles. The van der Waals surface area contributed by atoms with Crippen LogP contribution in [0.1, 0.15) is 40.9 Å². The lowest BCUT2D eigenvalue weighted by Crippen LogP contribution is -2.52. The number of aromatic nitrogens is 3. The zero-order valence-corrected chi connectivity index (χ0v) is 16.8. The fourth-order valence-electron chi connectivity index (χ4n) is 4.54. The number of nitrogens with zero attached hydrogens (tertiary/aromatic N) is 6. The van der Waals surface area contributed by atoms with Gasteiger partial charge in [0.1, 0.15) is 0 Å². The fraction of sp³-hybridized carbons (Fsp3) is 0.545. The molecule has 7 heteroatoms. The van der Waals surface area contributed by atoms with Crippen LogP contribution in [0.2, 0.25) is 0 Å². The van der Waals surface area contributed by atoms with Gasteiger partial charge in [0.25, 0.3) is 5.91 Å². The monoisotopic (exact) mass is 392 g/mol. The van der Waals surface area contributed by atoms with Gasteiger partial charge in [-0.2, -0.15) is 0 Å². The van der Waals surface area contributed by atoms with Crippen LogP contribution in [-0.2, 0) is 12.8 Å². The van der Waals surface area contributed by atoms with E-state index in [0.29, 0.717) is 18.7 Å². The third-order valence-corrected chi connectivity index (χ3v) is 6.61. The molecule has 0 aromatic carbocycles. The Kier molecular flexibility index (Phi) is 5.14. The number of carbonyl (C=O) groups is 1. The molecule has 0 atom stereocenters. The molecule has 1 saturated carbocycles. The van der Waals surface area contributed by atoms with Crippen LogP contribution in [0.4, 0.5) is 5.95 Å². The molecule has 0 spiro atoms. The van der Waals surface area contributed by atoms with Crippen molar-refractivity contribution in [2.45, 2.75) is 38.1 Å². The summed E-state index contributed by atoms with van der Waals surface area (Å²) in [6.45, 7) is 5.62. The van der Waals surface area contributed by atoms with Gasteiger partial charge in [-0.15, -0.1) is 0 Å². The van der Waals surface area contributed by atoms with Crippen molar-refractivity contribution in [1.29, 1.82) is 0 Å². The predicted octanol–water partition coefficient (Wildman–Crippen LogP) is 1.79. The number of rotatable bonds is 3. The molecule has 2 aromatic rings. The van der Waals surface area contributed by atoms with Crippen molar-refractivity contribution in [2.75, 3.05) is 44.2 Å². The number of pyridine rings is 1. The second-order valence-corrected chi connectivity index (χ2v) is 8.28. The number of amides is 1. The molecule has 0 N–H and O–H groups in total. The molecule has 7 nitrogen and oxygen atoms in total. The summed E-state index contributed by atoms with van der Waals surface area (Å²) in [5, 5.41) is 0. The van der Waals surface area contributed by atoms with Gasteiger partial charge in [0.15, 0.2) is 0 Å². The Morgan fingerprint density at radius 2 is 1.72 bits per heavy atom. The maximum absolute atomic E-state index is 12.8. The van der Waals surface area contributed by atoms with Crippen molar-refractivity contribution < 1.29 is 4.79 Å². The second kappa shape index (κ2) is 8.06. The molecule has 2 aromatic heterocycles. The van der Waals surface area contributed by atoms with Gasteiger partial charge in [-0.05, 0) is 37.0 Å². The van der Waals surface area contributed by atoms with Crippen LogP contribution >= 0.6 is 0 Å². The Morgan fingerprint density at radius 3 is 2.45 bits per heavy atom. The van der Waals surface area contributed by atoms with E-state index in [1.54, 1.807) is 24.5 Å². The molecule has 0 unspecified atom stereocenters. The molecule has 3 aliphatic rings. The zero-order valence-electron chi connectivity index (χ0n) is 16.8.